The van der Waals surface area contributed by atoms with Gasteiger partial charge in [0.25, 0.3) is 0 Å². The Kier molecular flexibility index (Phi) is 15.9. The molecule has 2 nitrogen and oxygen atoms in total. The number of imidazole rings is 1. The molecule has 1 aromatic heterocycles. The lowest BCUT2D eigenvalue weighted by Crippen LogP contribution is -2.30. The molecule has 1 rings (SSSR count). The predicted molar refractivity (Wildman–Crippen MR) is 128 cm³/mol. The van der Waals surface area contributed by atoms with Gasteiger partial charge in [0.05, 0.1) is 13.1 Å². The molecule has 1 aromatic rings. The number of aromatic nitrogens is 2. The third-order valence-corrected chi connectivity index (χ3v) is 6.11. The maximum Gasteiger partial charge on any atom is 0.243 e. The molecular weight excluding hydrogens is 352 g/mol. The molecule has 0 saturated heterocycles. The van der Waals surface area contributed by atoms with Crippen molar-refractivity contribution in [3.05, 3.63) is 30.4 Å². The minimum atomic E-state index is 0.804. The zero-order valence-corrected chi connectivity index (χ0v) is 20.3. The molecule has 1 atom stereocenters. The van der Waals surface area contributed by atoms with Crippen LogP contribution >= 0.6 is 0 Å². The smallest absolute Gasteiger partial charge is 0.237 e. The first kappa shape index (κ1) is 26.0. The minimum Gasteiger partial charge on any atom is -0.237 e. The first-order chi connectivity index (χ1) is 14.1. The van der Waals surface area contributed by atoms with Gasteiger partial charge in [-0.3, -0.25) is 0 Å². The lowest BCUT2D eigenvalue weighted by atomic mass is 10.0. The highest BCUT2D eigenvalue weighted by Crippen LogP contribution is 2.13. The highest BCUT2D eigenvalue weighted by atomic mass is 15.1. The fraction of sp³-hybridized carbons (Fsp3) is 0.815. The van der Waals surface area contributed by atoms with Gasteiger partial charge in [-0.05, 0) is 51.9 Å². The second kappa shape index (κ2) is 17.8. The summed E-state index contributed by atoms with van der Waals surface area (Å²) in [6.45, 7) is 11.4. The van der Waals surface area contributed by atoms with E-state index in [2.05, 4.69) is 61.6 Å². The van der Waals surface area contributed by atoms with Gasteiger partial charge < -0.3 is 0 Å². The Morgan fingerprint density at radius 3 is 2.03 bits per heavy atom. The number of rotatable bonds is 19. The van der Waals surface area contributed by atoms with Crippen LogP contribution in [0.4, 0.5) is 0 Å². The number of allylic oxidation sites excluding steroid dienone is 2. The zero-order valence-electron chi connectivity index (χ0n) is 20.3. The average Bonchev–Trinajstić information content (AvgIpc) is 3.15. The van der Waals surface area contributed by atoms with Crippen LogP contribution in [0.3, 0.4) is 0 Å². The molecule has 0 aliphatic rings. The quantitative estimate of drug-likeness (QED) is 0.125. The van der Waals surface area contributed by atoms with Gasteiger partial charge in [-0.25, -0.2) is 9.13 Å². The second-order valence-electron chi connectivity index (χ2n) is 9.53. The van der Waals surface area contributed by atoms with Crippen LogP contribution in [0.2, 0.25) is 0 Å². The van der Waals surface area contributed by atoms with Gasteiger partial charge in [0.1, 0.15) is 12.4 Å². The van der Waals surface area contributed by atoms with Crippen LogP contribution in [0.1, 0.15) is 124 Å². The van der Waals surface area contributed by atoms with Gasteiger partial charge in [0.2, 0.25) is 6.33 Å². The maximum absolute atomic E-state index is 2.39. The number of unbranched alkanes of at least 4 members (excludes halogenated alkanes) is 11. The summed E-state index contributed by atoms with van der Waals surface area (Å²) in [5.74, 6) is 0.804. The van der Waals surface area contributed by atoms with Crippen LogP contribution in [-0.4, -0.2) is 4.57 Å². The lowest BCUT2D eigenvalue weighted by molar-refractivity contribution is -0.696. The molecule has 0 aromatic carbocycles. The molecular formula is C27H51N2+. The Morgan fingerprint density at radius 2 is 1.45 bits per heavy atom. The van der Waals surface area contributed by atoms with Crippen molar-refractivity contribution in [1.29, 1.82) is 0 Å². The fourth-order valence-corrected chi connectivity index (χ4v) is 4.01. The summed E-state index contributed by atoms with van der Waals surface area (Å²) in [7, 11) is 0. The maximum atomic E-state index is 2.39. The van der Waals surface area contributed by atoms with E-state index in [0.29, 0.717) is 0 Å². The molecule has 0 bridgehead atoms. The molecule has 0 saturated carbocycles. The predicted octanol–water partition coefficient (Wildman–Crippen LogP) is 8.25. The highest BCUT2D eigenvalue weighted by molar-refractivity contribution is 4.92. The number of hydrogen-bond acceptors (Lipinski definition) is 0. The Balaban J connectivity index is 1.97. The summed E-state index contributed by atoms with van der Waals surface area (Å²) in [5, 5.41) is 0. The monoisotopic (exact) mass is 403 g/mol. The van der Waals surface area contributed by atoms with Crippen LogP contribution in [0, 0.1) is 5.92 Å². The summed E-state index contributed by atoms with van der Waals surface area (Å²) >= 11 is 0. The van der Waals surface area contributed by atoms with Crippen LogP contribution in [-0.2, 0) is 13.1 Å². The van der Waals surface area contributed by atoms with E-state index in [4.69, 9.17) is 0 Å². The molecule has 0 fully saturated rings. The van der Waals surface area contributed by atoms with Crippen LogP contribution in [0.5, 0.6) is 0 Å². The van der Waals surface area contributed by atoms with Gasteiger partial charge >= 0.3 is 0 Å². The molecule has 0 spiro atoms. The molecule has 0 N–H and O–H groups in total. The van der Waals surface area contributed by atoms with Gasteiger partial charge in [-0.1, -0.05) is 89.7 Å². The zero-order chi connectivity index (χ0) is 21.2. The Bertz CT molecular complexity index is 510. The van der Waals surface area contributed by atoms with Crippen LogP contribution in [0.25, 0.3) is 0 Å². The SMILES string of the molecule is CCCCCCCCCCCCCC[n+]1ccn(CC[C@H](C)CCC=C(C)C)c1. The van der Waals surface area contributed by atoms with Crippen molar-refractivity contribution in [3.63, 3.8) is 0 Å². The lowest BCUT2D eigenvalue weighted by Gasteiger charge is -2.08. The van der Waals surface area contributed by atoms with Crippen molar-refractivity contribution in [2.45, 2.75) is 137 Å². The molecule has 0 aliphatic heterocycles. The summed E-state index contributed by atoms with van der Waals surface area (Å²) in [4.78, 5) is 0. The molecule has 29 heavy (non-hydrogen) atoms. The topological polar surface area (TPSA) is 8.81 Å². The Labute approximate surface area is 182 Å². The van der Waals surface area contributed by atoms with E-state index in [1.807, 2.05) is 0 Å². The second-order valence-corrected chi connectivity index (χ2v) is 9.53. The molecule has 168 valence electrons. The van der Waals surface area contributed by atoms with Gasteiger partial charge in [-0.2, -0.15) is 0 Å². The van der Waals surface area contributed by atoms with E-state index in [1.165, 1.54) is 108 Å². The average molecular weight is 404 g/mol. The first-order valence-corrected chi connectivity index (χ1v) is 12.8. The minimum absolute atomic E-state index is 0.804. The van der Waals surface area contributed by atoms with Crippen molar-refractivity contribution in [2.24, 2.45) is 5.92 Å². The third-order valence-electron chi connectivity index (χ3n) is 6.11. The van der Waals surface area contributed by atoms with E-state index in [1.54, 1.807) is 0 Å². The van der Waals surface area contributed by atoms with E-state index in [-0.39, 0.29) is 0 Å². The number of hydrogen-bond donors (Lipinski definition) is 0. The molecule has 0 radical (unpaired) electrons. The normalized spacial score (nSPS) is 12.3. The summed E-state index contributed by atoms with van der Waals surface area (Å²) < 4.78 is 4.75. The highest BCUT2D eigenvalue weighted by Gasteiger charge is 2.07. The fourth-order valence-electron chi connectivity index (χ4n) is 4.01. The van der Waals surface area contributed by atoms with Crippen molar-refractivity contribution in [2.75, 3.05) is 0 Å². The summed E-state index contributed by atoms with van der Waals surface area (Å²) in [5.41, 5.74) is 1.45. The standard InChI is InChI=1S/C27H51N2/c1-5-6-7-8-9-10-11-12-13-14-15-16-21-28-23-24-29(25-28)22-20-27(4)19-17-18-26(2)3/h18,23-25,27H,5-17,19-22H2,1-4H3/q+1/t27-/m1/s1. The van der Waals surface area contributed by atoms with E-state index < -0.39 is 0 Å². The molecule has 2 heteroatoms. The van der Waals surface area contributed by atoms with E-state index in [9.17, 15) is 0 Å². The molecule has 0 unspecified atom stereocenters. The van der Waals surface area contributed by atoms with Gasteiger partial charge in [0, 0.05) is 0 Å². The third kappa shape index (κ3) is 15.5. The van der Waals surface area contributed by atoms with E-state index >= 15 is 0 Å². The molecule has 0 aliphatic carbocycles. The summed E-state index contributed by atoms with van der Waals surface area (Å²) in [6, 6.07) is 0. The van der Waals surface area contributed by atoms with Crippen molar-refractivity contribution in [3.8, 4) is 0 Å². The molecule has 1 heterocycles. The number of aryl methyl sites for hydroxylation is 2. The van der Waals surface area contributed by atoms with Crippen molar-refractivity contribution in [1.82, 2.24) is 4.57 Å². The van der Waals surface area contributed by atoms with Crippen molar-refractivity contribution >= 4 is 0 Å². The largest absolute Gasteiger partial charge is 0.243 e. The Morgan fingerprint density at radius 1 is 0.862 bits per heavy atom. The van der Waals surface area contributed by atoms with Crippen molar-refractivity contribution < 1.29 is 4.57 Å². The number of nitrogens with zero attached hydrogens (tertiary/aromatic N) is 2. The van der Waals surface area contributed by atoms with Crippen LogP contribution < -0.4 is 4.57 Å². The van der Waals surface area contributed by atoms with E-state index in [0.717, 1.165) is 12.5 Å². The van der Waals surface area contributed by atoms with Crippen LogP contribution in [0.15, 0.2) is 30.4 Å². The van der Waals surface area contributed by atoms with Gasteiger partial charge in [-0.15, -0.1) is 0 Å². The first-order valence-electron chi connectivity index (χ1n) is 12.8. The summed E-state index contributed by atoms with van der Waals surface area (Å²) in [6.07, 6.45) is 30.1. The van der Waals surface area contributed by atoms with Gasteiger partial charge in [0.15, 0.2) is 0 Å². The molecule has 0 amide bonds. The Hall–Kier alpha value is -1.05.